The summed E-state index contributed by atoms with van der Waals surface area (Å²) in [6.07, 6.45) is 6.07. The van der Waals surface area contributed by atoms with Gasteiger partial charge in [0, 0.05) is 19.1 Å². The Labute approximate surface area is 104 Å². The van der Waals surface area contributed by atoms with Gasteiger partial charge in [-0.25, -0.2) is 8.42 Å². The Balaban J connectivity index is 2.08. The minimum absolute atomic E-state index is 0.129. The van der Waals surface area contributed by atoms with Gasteiger partial charge in [0.1, 0.15) is 15.6 Å². The zero-order chi connectivity index (χ0) is 12.7. The Kier molecular flexibility index (Phi) is 6.12. The summed E-state index contributed by atoms with van der Waals surface area (Å²) < 4.78 is 21.8. The summed E-state index contributed by atoms with van der Waals surface area (Å²) in [7, 11) is -2.92. The van der Waals surface area contributed by atoms with E-state index >= 15 is 0 Å². The zero-order valence-corrected chi connectivity index (χ0v) is 11.4. The van der Waals surface area contributed by atoms with Crippen molar-refractivity contribution in [3.8, 4) is 0 Å². The SMILES string of the molecule is CS(=O)(=O)CCCC(=O)CCC1CCCNC1. The summed E-state index contributed by atoms with van der Waals surface area (Å²) in [5, 5.41) is 3.33. The van der Waals surface area contributed by atoms with Crippen LogP contribution in [0.2, 0.25) is 0 Å². The van der Waals surface area contributed by atoms with E-state index in [1.807, 2.05) is 0 Å². The number of carbonyl (C=O) groups is 1. The van der Waals surface area contributed by atoms with Crippen molar-refractivity contribution >= 4 is 15.6 Å². The smallest absolute Gasteiger partial charge is 0.147 e. The first-order chi connectivity index (χ1) is 7.97. The summed E-state index contributed by atoms with van der Waals surface area (Å²) in [4.78, 5) is 11.6. The molecule has 1 saturated heterocycles. The van der Waals surface area contributed by atoms with E-state index in [1.54, 1.807) is 0 Å². The van der Waals surface area contributed by atoms with Crippen molar-refractivity contribution in [1.82, 2.24) is 5.32 Å². The van der Waals surface area contributed by atoms with Crippen LogP contribution in [0.3, 0.4) is 0 Å². The van der Waals surface area contributed by atoms with Crippen molar-refractivity contribution in [3.63, 3.8) is 0 Å². The van der Waals surface area contributed by atoms with Crippen LogP contribution in [0.5, 0.6) is 0 Å². The highest BCUT2D eigenvalue weighted by molar-refractivity contribution is 7.90. The van der Waals surface area contributed by atoms with Crippen LogP contribution in [0.15, 0.2) is 0 Å². The lowest BCUT2D eigenvalue weighted by Crippen LogP contribution is -2.30. The lowest BCUT2D eigenvalue weighted by molar-refractivity contribution is -0.119. The Morgan fingerprint density at radius 1 is 1.35 bits per heavy atom. The van der Waals surface area contributed by atoms with Crippen LogP contribution >= 0.6 is 0 Å². The highest BCUT2D eigenvalue weighted by Gasteiger charge is 2.14. The standard InChI is InChI=1S/C12H23NO3S/c1-17(15,16)9-3-5-12(14)7-6-11-4-2-8-13-10-11/h11,13H,2-10H2,1H3. The van der Waals surface area contributed by atoms with E-state index in [4.69, 9.17) is 0 Å². The molecule has 100 valence electrons. The number of piperidine rings is 1. The molecular formula is C12H23NO3S. The first kappa shape index (κ1) is 14.6. The van der Waals surface area contributed by atoms with Gasteiger partial charge in [-0.1, -0.05) is 0 Å². The van der Waals surface area contributed by atoms with Crippen LogP contribution in [-0.4, -0.2) is 39.3 Å². The molecule has 1 atom stereocenters. The molecule has 17 heavy (non-hydrogen) atoms. The molecule has 1 heterocycles. The first-order valence-corrected chi connectivity index (χ1v) is 8.43. The topological polar surface area (TPSA) is 63.2 Å². The number of hydrogen-bond acceptors (Lipinski definition) is 4. The van der Waals surface area contributed by atoms with Gasteiger partial charge in [-0.05, 0) is 44.7 Å². The summed E-state index contributed by atoms with van der Waals surface area (Å²) in [6.45, 7) is 2.12. The second-order valence-electron chi connectivity index (χ2n) is 5.02. The summed E-state index contributed by atoms with van der Waals surface area (Å²) >= 11 is 0. The molecule has 0 bridgehead atoms. The van der Waals surface area contributed by atoms with Crippen molar-refractivity contribution in [2.45, 2.75) is 38.5 Å². The van der Waals surface area contributed by atoms with Crippen LogP contribution in [-0.2, 0) is 14.6 Å². The van der Waals surface area contributed by atoms with Gasteiger partial charge in [0.25, 0.3) is 0 Å². The van der Waals surface area contributed by atoms with Gasteiger partial charge >= 0.3 is 0 Å². The molecule has 1 N–H and O–H groups in total. The molecule has 1 fully saturated rings. The largest absolute Gasteiger partial charge is 0.316 e. The van der Waals surface area contributed by atoms with E-state index in [9.17, 15) is 13.2 Å². The second kappa shape index (κ2) is 7.11. The van der Waals surface area contributed by atoms with Crippen LogP contribution in [0.25, 0.3) is 0 Å². The number of Topliss-reactive ketones (excluding diaryl/α,β-unsaturated/α-hetero) is 1. The number of nitrogens with one attached hydrogen (secondary N) is 1. The Bertz CT molecular complexity index is 332. The molecule has 0 amide bonds. The lowest BCUT2D eigenvalue weighted by atomic mass is 9.93. The quantitative estimate of drug-likeness (QED) is 0.747. The molecule has 0 aromatic carbocycles. The van der Waals surface area contributed by atoms with Crippen LogP contribution in [0.1, 0.15) is 38.5 Å². The Morgan fingerprint density at radius 2 is 2.12 bits per heavy atom. The third kappa shape index (κ3) is 7.49. The Morgan fingerprint density at radius 3 is 2.71 bits per heavy atom. The molecule has 4 nitrogen and oxygen atoms in total. The minimum Gasteiger partial charge on any atom is -0.316 e. The Hall–Kier alpha value is -0.420. The van der Waals surface area contributed by atoms with Crippen molar-refractivity contribution in [1.29, 1.82) is 0 Å². The van der Waals surface area contributed by atoms with E-state index in [0.717, 1.165) is 19.5 Å². The van der Waals surface area contributed by atoms with E-state index in [2.05, 4.69) is 5.32 Å². The highest BCUT2D eigenvalue weighted by Crippen LogP contribution is 2.16. The average molecular weight is 261 g/mol. The predicted molar refractivity (Wildman–Crippen MR) is 68.8 cm³/mol. The molecule has 1 rings (SSSR count). The molecular weight excluding hydrogens is 238 g/mol. The maximum atomic E-state index is 11.6. The fourth-order valence-corrected chi connectivity index (χ4v) is 2.86. The van der Waals surface area contributed by atoms with E-state index in [0.29, 0.717) is 25.2 Å². The molecule has 0 saturated carbocycles. The normalized spacial score (nSPS) is 21.4. The van der Waals surface area contributed by atoms with Crippen LogP contribution in [0.4, 0.5) is 0 Å². The summed E-state index contributed by atoms with van der Waals surface area (Å²) in [6, 6.07) is 0. The predicted octanol–water partition coefficient (Wildman–Crippen LogP) is 1.16. The molecule has 0 aromatic heterocycles. The van der Waals surface area contributed by atoms with Gasteiger partial charge in [-0.3, -0.25) is 4.79 Å². The number of sulfone groups is 1. The zero-order valence-electron chi connectivity index (χ0n) is 10.6. The third-order valence-corrected chi connectivity index (χ3v) is 4.23. The molecule has 0 aromatic rings. The maximum Gasteiger partial charge on any atom is 0.147 e. The second-order valence-corrected chi connectivity index (χ2v) is 7.28. The van der Waals surface area contributed by atoms with E-state index in [1.165, 1.54) is 19.1 Å². The van der Waals surface area contributed by atoms with Gasteiger partial charge in [0.15, 0.2) is 0 Å². The number of carbonyl (C=O) groups excluding carboxylic acids is 1. The molecule has 0 spiro atoms. The van der Waals surface area contributed by atoms with Crippen molar-refractivity contribution in [3.05, 3.63) is 0 Å². The van der Waals surface area contributed by atoms with Gasteiger partial charge in [-0.15, -0.1) is 0 Å². The molecule has 1 aliphatic rings. The minimum atomic E-state index is -2.92. The van der Waals surface area contributed by atoms with Gasteiger partial charge in [0.2, 0.25) is 0 Å². The molecule has 0 radical (unpaired) electrons. The number of hydrogen-bond donors (Lipinski definition) is 1. The van der Waals surface area contributed by atoms with Crippen LogP contribution in [0, 0.1) is 5.92 Å². The first-order valence-electron chi connectivity index (χ1n) is 6.37. The molecule has 1 unspecified atom stereocenters. The summed E-state index contributed by atoms with van der Waals surface area (Å²) in [5.41, 5.74) is 0. The maximum absolute atomic E-state index is 11.6. The lowest BCUT2D eigenvalue weighted by Gasteiger charge is -2.22. The van der Waals surface area contributed by atoms with Crippen molar-refractivity contribution < 1.29 is 13.2 Å². The highest BCUT2D eigenvalue weighted by atomic mass is 32.2. The number of ketones is 1. The van der Waals surface area contributed by atoms with Crippen molar-refractivity contribution in [2.75, 3.05) is 25.1 Å². The van der Waals surface area contributed by atoms with Crippen LogP contribution < -0.4 is 5.32 Å². The van der Waals surface area contributed by atoms with Gasteiger partial charge in [-0.2, -0.15) is 0 Å². The van der Waals surface area contributed by atoms with Gasteiger partial charge in [0.05, 0.1) is 5.75 Å². The number of rotatable bonds is 7. The molecule has 0 aliphatic carbocycles. The van der Waals surface area contributed by atoms with E-state index < -0.39 is 9.84 Å². The van der Waals surface area contributed by atoms with E-state index in [-0.39, 0.29) is 11.5 Å². The third-order valence-electron chi connectivity index (χ3n) is 3.20. The molecule has 1 aliphatic heterocycles. The molecule has 5 heteroatoms. The van der Waals surface area contributed by atoms with Crippen molar-refractivity contribution in [2.24, 2.45) is 5.92 Å². The summed E-state index contributed by atoms with van der Waals surface area (Å²) in [5.74, 6) is 0.964. The fourth-order valence-electron chi connectivity index (χ4n) is 2.19. The fraction of sp³-hybridized carbons (Fsp3) is 0.917. The van der Waals surface area contributed by atoms with Gasteiger partial charge < -0.3 is 5.32 Å². The average Bonchev–Trinajstić information content (AvgIpc) is 2.26. The monoisotopic (exact) mass is 261 g/mol.